The summed E-state index contributed by atoms with van der Waals surface area (Å²) in [7, 11) is -4.22. The van der Waals surface area contributed by atoms with Crippen molar-refractivity contribution in [2.45, 2.75) is 32.3 Å². The van der Waals surface area contributed by atoms with Gasteiger partial charge in [0.05, 0.1) is 12.6 Å². The van der Waals surface area contributed by atoms with Gasteiger partial charge in [-0.1, -0.05) is 6.08 Å². The number of nitrogens with zero attached hydrogens (tertiary/aromatic N) is 3. The number of urea groups is 1. The average Bonchev–Trinajstić information content (AvgIpc) is 2.76. The van der Waals surface area contributed by atoms with E-state index in [-0.39, 0.29) is 33.4 Å². The van der Waals surface area contributed by atoms with Crippen LogP contribution >= 0.6 is 0 Å². The number of nitrogens with one attached hydrogen (secondary N) is 1. The molecule has 15 heteroatoms. The monoisotopic (exact) mass is 403 g/mol. The van der Waals surface area contributed by atoms with Gasteiger partial charge in [-0.15, -0.1) is 4.83 Å². The van der Waals surface area contributed by atoms with Gasteiger partial charge in [0.2, 0.25) is 0 Å². The summed E-state index contributed by atoms with van der Waals surface area (Å²) in [5.41, 5.74) is 0.381. The molecule has 0 spiro atoms. The Morgan fingerprint density at radius 2 is 2.19 bits per heavy atom. The van der Waals surface area contributed by atoms with E-state index < -0.39 is 46.6 Å². The Labute approximate surface area is 167 Å². The van der Waals surface area contributed by atoms with Crippen LogP contribution in [0.5, 0.6) is 0 Å². The van der Waals surface area contributed by atoms with Crippen molar-refractivity contribution in [3.8, 4) is 0 Å². The standard InChI is InChI=1S/C12H18FN5O7S.Li.H/c1-3-17(15-26(14,23)24)10(19)8-6(2)4-7-5-16(8)12(22)18(7)25-9(13)11(20)21;;/h4,7-9,15H,3,5H2,1-2H3,(H,20,21)(H2,14,23,24);;/q;+1;-1/t7-,8+,9-;;/m1../s1. The number of aliphatic carboxylic acids is 1. The molecule has 0 aromatic heterocycles. The largest absolute Gasteiger partial charge is 1.00 e. The molecule has 2 bridgehead atoms. The summed E-state index contributed by atoms with van der Waals surface area (Å²) in [4.78, 5) is 43.0. The number of hydrogen-bond acceptors (Lipinski definition) is 6. The van der Waals surface area contributed by atoms with Crippen molar-refractivity contribution in [2.24, 2.45) is 5.14 Å². The minimum Gasteiger partial charge on any atom is -1.00 e. The smallest absolute Gasteiger partial charge is 1.00 e. The minimum absolute atomic E-state index is 0. The van der Waals surface area contributed by atoms with Crippen LogP contribution in [-0.2, 0) is 24.6 Å². The Hall–Kier alpha value is -1.69. The zero-order chi connectivity index (χ0) is 19.8. The summed E-state index contributed by atoms with van der Waals surface area (Å²) < 4.78 is 35.7. The van der Waals surface area contributed by atoms with Gasteiger partial charge in [0.1, 0.15) is 6.04 Å². The van der Waals surface area contributed by atoms with Crippen molar-refractivity contribution in [1.29, 1.82) is 0 Å². The molecule has 0 aromatic carbocycles. The van der Waals surface area contributed by atoms with E-state index in [0.717, 1.165) is 9.91 Å². The third-order valence-electron chi connectivity index (χ3n) is 3.77. The quantitative estimate of drug-likeness (QED) is 0.219. The van der Waals surface area contributed by atoms with E-state index >= 15 is 0 Å². The fourth-order valence-electron chi connectivity index (χ4n) is 2.76. The first kappa shape index (κ1) is 23.3. The first-order valence-corrected chi connectivity index (χ1v) is 8.94. The van der Waals surface area contributed by atoms with Gasteiger partial charge >= 0.3 is 37.2 Å². The number of rotatable bonds is 7. The summed E-state index contributed by atoms with van der Waals surface area (Å²) >= 11 is 0. The van der Waals surface area contributed by atoms with Crippen molar-refractivity contribution < 1.29 is 57.4 Å². The van der Waals surface area contributed by atoms with Gasteiger partial charge in [-0.05, 0) is 19.4 Å². The number of carbonyl (C=O) groups is 3. The fraction of sp³-hybridized carbons (Fsp3) is 0.583. The first-order valence-electron chi connectivity index (χ1n) is 7.39. The number of halogens is 1. The summed E-state index contributed by atoms with van der Waals surface area (Å²) in [6, 6.07) is -2.88. The Kier molecular flexibility index (Phi) is 7.39. The van der Waals surface area contributed by atoms with Crippen LogP contribution in [0.3, 0.4) is 0 Å². The molecule has 3 amide bonds. The predicted octanol–water partition coefficient (Wildman–Crippen LogP) is -4.59. The molecule has 1 fully saturated rings. The van der Waals surface area contributed by atoms with E-state index in [2.05, 4.69) is 4.84 Å². The topological polar surface area (TPSA) is 163 Å². The maximum atomic E-state index is 13.3. The van der Waals surface area contributed by atoms with Crippen LogP contribution in [0.2, 0.25) is 0 Å². The van der Waals surface area contributed by atoms with Gasteiger partial charge in [-0.25, -0.2) is 24.0 Å². The molecule has 3 atom stereocenters. The second-order valence-corrected chi connectivity index (χ2v) is 6.89. The molecule has 1 saturated heterocycles. The number of carboxylic acid groups (broad SMARTS) is 1. The molecule has 0 saturated carbocycles. The van der Waals surface area contributed by atoms with Crippen LogP contribution in [0.15, 0.2) is 11.6 Å². The van der Waals surface area contributed by atoms with Crippen LogP contribution in [0.25, 0.3) is 0 Å². The molecule has 4 N–H and O–H groups in total. The number of hydrazine groups is 1. The SMILES string of the molecule is CCN(NS(N)(=O)=O)C(=O)[C@@H]1C(C)=C[C@@H]2CN1C(=O)N2O[C@@H](F)C(=O)O.[H-].[Li+]. The van der Waals surface area contributed by atoms with E-state index in [1.54, 1.807) is 0 Å². The number of hydrogen-bond donors (Lipinski definition) is 3. The van der Waals surface area contributed by atoms with Gasteiger partial charge in [-0.3, -0.25) is 9.80 Å². The van der Waals surface area contributed by atoms with Crippen molar-refractivity contribution in [3.63, 3.8) is 0 Å². The number of carboxylic acids is 1. The van der Waals surface area contributed by atoms with Gasteiger partial charge in [0, 0.05) is 6.54 Å². The predicted molar refractivity (Wildman–Crippen MR) is 83.6 cm³/mol. The van der Waals surface area contributed by atoms with E-state index in [1.807, 2.05) is 4.83 Å². The normalized spacial score (nSPS) is 22.8. The Balaban J connectivity index is 0.00000364. The van der Waals surface area contributed by atoms with Gasteiger partial charge in [-0.2, -0.15) is 13.5 Å². The maximum absolute atomic E-state index is 13.3. The summed E-state index contributed by atoms with van der Waals surface area (Å²) in [6.45, 7) is 2.87. The van der Waals surface area contributed by atoms with Crippen LogP contribution < -0.4 is 28.8 Å². The van der Waals surface area contributed by atoms with Crippen molar-refractivity contribution in [3.05, 3.63) is 11.6 Å². The van der Waals surface area contributed by atoms with Crippen LogP contribution in [0, 0.1) is 0 Å². The van der Waals surface area contributed by atoms with Crippen LogP contribution in [0.4, 0.5) is 9.18 Å². The van der Waals surface area contributed by atoms with E-state index in [9.17, 15) is 27.2 Å². The number of carbonyl (C=O) groups excluding carboxylic acids is 2. The number of alkyl halides is 1. The van der Waals surface area contributed by atoms with E-state index in [0.29, 0.717) is 10.6 Å². The molecule has 27 heavy (non-hydrogen) atoms. The fourth-order valence-corrected chi connectivity index (χ4v) is 3.29. The molecule has 0 aromatic rings. The zero-order valence-electron chi connectivity index (χ0n) is 15.8. The second-order valence-electron chi connectivity index (χ2n) is 5.62. The average molecular weight is 403 g/mol. The van der Waals surface area contributed by atoms with Gasteiger partial charge < -0.3 is 11.4 Å². The van der Waals surface area contributed by atoms with Crippen LogP contribution in [-0.4, -0.2) is 77.9 Å². The molecule has 2 aliphatic heterocycles. The summed E-state index contributed by atoms with van der Waals surface area (Å²) in [5, 5.41) is 14.7. The minimum atomic E-state index is -4.22. The number of hydroxylamine groups is 2. The molecule has 148 valence electrons. The molecule has 2 rings (SSSR count). The first-order chi connectivity index (χ1) is 12.0. The third-order valence-corrected chi connectivity index (χ3v) is 4.25. The molecular formula is C12H19FLiN5O7S. The molecule has 0 unspecified atom stereocenters. The Morgan fingerprint density at radius 1 is 1.59 bits per heavy atom. The van der Waals surface area contributed by atoms with Crippen molar-refractivity contribution in [2.75, 3.05) is 13.1 Å². The van der Waals surface area contributed by atoms with Gasteiger partial charge in [0.25, 0.3) is 16.1 Å². The van der Waals surface area contributed by atoms with Crippen molar-refractivity contribution in [1.82, 2.24) is 19.8 Å². The summed E-state index contributed by atoms with van der Waals surface area (Å²) in [6.07, 6.45) is -1.30. The third kappa shape index (κ3) is 4.98. The zero-order valence-corrected chi connectivity index (χ0v) is 15.6. The summed E-state index contributed by atoms with van der Waals surface area (Å²) in [5.74, 6) is -2.68. The molecule has 2 aliphatic rings. The molecule has 0 radical (unpaired) electrons. The number of amides is 3. The molecular weight excluding hydrogens is 384 g/mol. The Morgan fingerprint density at radius 3 is 2.67 bits per heavy atom. The Bertz CT molecular complexity index is 769. The number of fused-ring (bicyclic) bond motifs is 2. The van der Waals surface area contributed by atoms with Crippen LogP contribution in [0.1, 0.15) is 15.3 Å². The molecule has 2 heterocycles. The van der Waals surface area contributed by atoms with Crippen molar-refractivity contribution >= 4 is 28.1 Å². The van der Waals surface area contributed by atoms with E-state index in [4.69, 9.17) is 10.2 Å². The number of likely N-dealkylation sites (N-methyl/N-ethyl adjacent to an activating group) is 1. The second kappa shape index (κ2) is 8.55. The van der Waals surface area contributed by atoms with Gasteiger partial charge in [0.15, 0.2) is 0 Å². The maximum Gasteiger partial charge on any atom is 1.00 e. The van der Waals surface area contributed by atoms with E-state index in [1.165, 1.54) is 19.9 Å². The molecule has 0 aliphatic carbocycles. The molecule has 12 nitrogen and oxygen atoms in total. The number of nitrogens with two attached hydrogens (primary N) is 1.